The summed E-state index contributed by atoms with van der Waals surface area (Å²) in [5.74, 6) is -2.15. The van der Waals surface area contributed by atoms with Gasteiger partial charge in [-0.05, 0) is 25.0 Å². The molecular formula is C14H14Cl2FNO4. The van der Waals surface area contributed by atoms with Crippen LogP contribution >= 0.6 is 23.2 Å². The van der Waals surface area contributed by atoms with Gasteiger partial charge in [0.1, 0.15) is 5.82 Å². The Morgan fingerprint density at radius 2 is 2.14 bits per heavy atom. The van der Waals surface area contributed by atoms with Crippen LogP contribution in [0.5, 0.6) is 0 Å². The number of halogens is 3. The van der Waals surface area contributed by atoms with Crippen LogP contribution in [0.15, 0.2) is 12.1 Å². The molecule has 0 saturated carbocycles. The monoisotopic (exact) mass is 349 g/mol. The second-order valence-corrected chi connectivity index (χ2v) is 5.58. The van der Waals surface area contributed by atoms with E-state index in [9.17, 15) is 14.0 Å². The number of hydrogen-bond donors (Lipinski definition) is 1. The van der Waals surface area contributed by atoms with Crippen molar-refractivity contribution in [3.8, 4) is 0 Å². The summed E-state index contributed by atoms with van der Waals surface area (Å²) >= 11 is 11.3. The van der Waals surface area contributed by atoms with Gasteiger partial charge in [0.05, 0.1) is 21.7 Å². The first-order valence-electron chi connectivity index (χ1n) is 6.67. The van der Waals surface area contributed by atoms with Crippen LogP contribution in [0.1, 0.15) is 23.2 Å². The zero-order chi connectivity index (χ0) is 16.1. The molecule has 1 N–H and O–H groups in total. The first-order valence-corrected chi connectivity index (χ1v) is 7.43. The molecule has 1 amide bonds. The second-order valence-electron chi connectivity index (χ2n) is 4.76. The molecule has 0 aliphatic carbocycles. The van der Waals surface area contributed by atoms with Crippen LogP contribution in [0.4, 0.5) is 4.39 Å². The molecule has 1 saturated heterocycles. The third kappa shape index (κ3) is 4.56. The third-order valence-electron chi connectivity index (χ3n) is 3.12. The van der Waals surface area contributed by atoms with E-state index in [2.05, 4.69) is 5.32 Å². The summed E-state index contributed by atoms with van der Waals surface area (Å²) in [7, 11) is 0. The molecule has 1 fully saturated rings. The molecule has 0 aromatic heterocycles. The number of hydrogen-bond acceptors (Lipinski definition) is 4. The highest BCUT2D eigenvalue weighted by molar-refractivity contribution is 6.36. The molecule has 1 aliphatic rings. The molecule has 8 heteroatoms. The van der Waals surface area contributed by atoms with Crippen molar-refractivity contribution in [1.29, 1.82) is 0 Å². The first kappa shape index (κ1) is 17.0. The van der Waals surface area contributed by atoms with E-state index in [1.165, 1.54) is 0 Å². The van der Waals surface area contributed by atoms with Gasteiger partial charge in [0, 0.05) is 13.2 Å². The average molecular weight is 350 g/mol. The molecular weight excluding hydrogens is 336 g/mol. The maximum atomic E-state index is 13.3. The highest BCUT2D eigenvalue weighted by Gasteiger charge is 2.18. The summed E-state index contributed by atoms with van der Waals surface area (Å²) in [6, 6.07) is 1.98. The van der Waals surface area contributed by atoms with E-state index in [0.29, 0.717) is 13.2 Å². The number of amides is 1. The van der Waals surface area contributed by atoms with Gasteiger partial charge in [-0.15, -0.1) is 0 Å². The smallest absolute Gasteiger partial charge is 0.340 e. The van der Waals surface area contributed by atoms with Crippen molar-refractivity contribution < 1.29 is 23.5 Å². The van der Waals surface area contributed by atoms with Crippen LogP contribution in [-0.2, 0) is 14.3 Å². The minimum Gasteiger partial charge on any atom is -0.452 e. The lowest BCUT2D eigenvalue weighted by Crippen LogP contribution is -2.34. The van der Waals surface area contributed by atoms with Crippen molar-refractivity contribution in [2.45, 2.75) is 18.9 Å². The van der Waals surface area contributed by atoms with Gasteiger partial charge in [-0.25, -0.2) is 9.18 Å². The summed E-state index contributed by atoms with van der Waals surface area (Å²) in [6.07, 6.45) is 1.86. The summed E-state index contributed by atoms with van der Waals surface area (Å²) < 4.78 is 23.5. The van der Waals surface area contributed by atoms with E-state index in [1.807, 2.05) is 0 Å². The van der Waals surface area contributed by atoms with E-state index < -0.39 is 24.3 Å². The highest BCUT2D eigenvalue weighted by Crippen LogP contribution is 2.24. The van der Waals surface area contributed by atoms with Crippen LogP contribution in [-0.4, -0.2) is 37.7 Å². The van der Waals surface area contributed by atoms with Gasteiger partial charge in [0.25, 0.3) is 5.91 Å². The van der Waals surface area contributed by atoms with Crippen LogP contribution in [0.2, 0.25) is 10.0 Å². The van der Waals surface area contributed by atoms with E-state index >= 15 is 0 Å². The molecule has 1 aliphatic heterocycles. The lowest BCUT2D eigenvalue weighted by atomic mass is 10.2. The van der Waals surface area contributed by atoms with Crippen molar-refractivity contribution >= 4 is 35.1 Å². The van der Waals surface area contributed by atoms with Crippen molar-refractivity contribution in [1.82, 2.24) is 5.32 Å². The van der Waals surface area contributed by atoms with E-state index in [-0.39, 0.29) is 21.7 Å². The second kappa shape index (κ2) is 7.76. The van der Waals surface area contributed by atoms with Crippen molar-refractivity contribution in [3.05, 3.63) is 33.6 Å². The Labute approximate surface area is 136 Å². The number of nitrogens with one attached hydrogen (secondary N) is 1. The van der Waals surface area contributed by atoms with Crippen molar-refractivity contribution in [3.63, 3.8) is 0 Å². The van der Waals surface area contributed by atoms with Gasteiger partial charge < -0.3 is 14.8 Å². The zero-order valence-electron chi connectivity index (χ0n) is 11.5. The molecule has 1 aromatic rings. The Morgan fingerprint density at radius 3 is 2.82 bits per heavy atom. The lowest BCUT2D eigenvalue weighted by molar-refractivity contribution is -0.124. The normalized spacial score (nSPS) is 17.3. The summed E-state index contributed by atoms with van der Waals surface area (Å²) in [4.78, 5) is 23.3. The molecule has 1 atom stereocenters. The molecule has 1 aromatic carbocycles. The Balaban J connectivity index is 1.81. The number of carbonyl (C=O) groups excluding carboxylic acids is 2. The van der Waals surface area contributed by atoms with Crippen LogP contribution in [0.3, 0.4) is 0 Å². The Hall–Kier alpha value is -1.37. The fourth-order valence-corrected chi connectivity index (χ4v) is 2.43. The number of benzene rings is 1. The molecule has 0 radical (unpaired) electrons. The average Bonchev–Trinajstić information content (AvgIpc) is 2.99. The quantitative estimate of drug-likeness (QED) is 0.655. The van der Waals surface area contributed by atoms with Gasteiger partial charge >= 0.3 is 5.97 Å². The molecule has 0 unspecified atom stereocenters. The predicted octanol–water partition coefficient (Wildman–Crippen LogP) is 2.58. The van der Waals surface area contributed by atoms with Gasteiger partial charge in [0.2, 0.25) is 0 Å². The Kier molecular flexibility index (Phi) is 5.99. The predicted molar refractivity (Wildman–Crippen MR) is 78.7 cm³/mol. The maximum Gasteiger partial charge on any atom is 0.340 e. The van der Waals surface area contributed by atoms with Crippen LogP contribution < -0.4 is 5.32 Å². The number of rotatable bonds is 5. The van der Waals surface area contributed by atoms with Crippen LogP contribution in [0, 0.1) is 5.82 Å². The highest BCUT2D eigenvalue weighted by atomic mass is 35.5. The van der Waals surface area contributed by atoms with Crippen LogP contribution in [0.25, 0.3) is 0 Å². The van der Waals surface area contributed by atoms with Crippen molar-refractivity contribution in [2.75, 3.05) is 19.8 Å². The largest absolute Gasteiger partial charge is 0.452 e. The molecule has 5 nitrogen and oxygen atoms in total. The van der Waals surface area contributed by atoms with Gasteiger partial charge in [-0.3, -0.25) is 4.79 Å². The summed E-state index contributed by atoms with van der Waals surface area (Å²) in [6.45, 7) is 0.578. The topological polar surface area (TPSA) is 64.6 Å². The van der Waals surface area contributed by atoms with Gasteiger partial charge in [0.15, 0.2) is 6.61 Å². The fourth-order valence-electron chi connectivity index (χ4n) is 1.97. The van der Waals surface area contributed by atoms with Crippen molar-refractivity contribution in [2.24, 2.45) is 0 Å². The molecule has 0 spiro atoms. The minimum absolute atomic E-state index is 0.000503. The molecule has 120 valence electrons. The van der Waals surface area contributed by atoms with Gasteiger partial charge in [-0.1, -0.05) is 23.2 Å². The Bertz CT molecular complexity index is 576. The van der Waals surface area contributed by atoms with E-state index in [4.69, 9.17) is 32.7 Å². The molecule has 22 heavy (non-hydrogen) atoms. The van der Waals surface area contributed by atoms with E-state index in [1.54, 1.807) is 0 Å². The third-order valence-corrected chi connectivity index (χ3v) is 3.72. The number of ether oxygens (including phenoxy) is 2. The lowest BCUT2D eigenvalue weighted by Gasteiger charge is -2.11. The molecule has 1 heterocycles. The summed E-state index contributed by atoms with van der Waals surface area (Å²) in [5.41, 5.74) is -0.185. The summed E-state index contributed by atoms with van der Waals surface area (Å²) in [5, 5.41) is 2.35. The first-order chi connectivity index (χ1) is 10.5. The van der Waals surface area contributed by atoms with E-state index in [0.717, 1.165) is 25.0 Å². The minimum atomic E-state index is -0.896. The SMILES string of the molecule is O=C(COC(=O)c1cc(F)c(Cl)cc1Cl)NC[C@@H]1CCCO1. The Morgan fingerprint density at radius 1 is 1.36 bits per heavy atom. The molecule has 0 bridgehead atoms. The maximum absolute atomic E-state index is 13.3. The number of carbonyl (C=O) groups is 2. The standard InChI is InChI=1S/C14H14Cl2FNO4/c15-10-5-11(16)12(17)4-9(10)14(20)22-7-13(19)18-6-8-2-1-3-21-8/h4-5,8H,1-3,6-7H2,(H,18,19)/t8-/m0/s1. The zero-order valence-corrected chi connectivity index (χ0v) is 13.0. The molecule has 2 rings (SSSR count). The van der Waals surface area contributed by atoms with Gasteiger partial charge in [-0.2, -0.15) is 0 Å². The number of esters is 1. The fraction of sp³-hybridized carbons (Fsp3) is 0.429.